The second kappa shape index (κ2) is 8.19. The van der Waals surface area contributed by atoms with Gasteiger partial charge in [-0.25, -0.2) is 0 Å². The molecule has 38 heavy (non-hydrogen) atoms. The molecule has 0 fully saturated rings. The Morgan fingerprint density at radius 2 is 0.789 bits per heavy atom. The van der Waals surface area contributed by atoms with Crippen LogP contribution in [-0.4, -0.2) is 14.1 Å². The number of rotatable bonds is 3. The molecule has 3 aromatic heterocycles. The van der Waals surface area contributed by atoms with Gasteiger partial charge in [-0.2, -0.15) is 0 Å². The molecule has 178 valence electrons. The Morgan fingerprint density at radius 3 is 1.18 bits per heavy atom. The van der Waals surface area contributed by atoms with Crippen LogP contribution in [0.3, 0.4) is 0 Å². The van der Waals surface area contributed by atoms with Gasteiger partial charge in [-0.1, -0.05) is 78.9 Å². The Bertz CT molecular complexity index is 1890. The summed E-state index contributed by atoms with van der Waals surface area (Å²) in [7, 11) is 0. The molecule has 0 bridgehead atoms. The number of pyridine rings is 1. The van der Waals surface area contributed by atoms with Crippen molar-refractivity contribution in [2.24, 2.45) is 0 Å². The smallest absolute Gasteiger partial charge is 0.0703 e. The molecular weight excluding hydrogens is 462 g/mol. The van der Waals surface area contributed by atoms with Gasteiger partial charge in [0.2, 0.25) is 0 Å². The van der Waals surface area contributed by atoms with Crippen molar-refractivity contribution in [2.75, 3.05) is 0 Å². The maximum Gasteiger partial charge on any atom is 0.0703 e. The van der Waals surface area contributed by atoms with Crippen LogP contribution >= 0.6 is 0 Å². The molecule has 0 aliphatic carbocycles. The largest absolute Gasteiger partial charge is 0.309 e. The molecule has 0 amide bonds. The standard InChI is InChI=1S/C35H23N3/c1-5-16-32-27(11-1)28-12-2-6-17-33(28)37(32)25-21-24(31-15-9-10-20-36-31)22-26(23-25)38-34-18-7-3-13-29(34)30-14-4-8-19-35(30)38/h1-23H. The first-order chi connectivity index (χ1) is 18.9. The van der Waals surface area contributed by atoms with Gasteiger partial charge in [0, 0.05) is 44.7 Å². The highest BCUT2D eigenvalue weighted by Crippen LogP contribution is 2.37. The summed E-state index contributed by atoms with van der Waals surface area (Å²) < 4.78 is 4.77. The summed E-state index contributed by atoms with van der Waals surface area (Å²) in [4.78, 5) is 4.72. The van der Waals surface area contributed by atoms with Crippen molar-refractivity contribution < 1.29 is 0 Å². The monoisotopic (exact) mass is 485 g/mol. The molecule has 0 radical (unpaired) electrons. The van der Waals surface area contributed by atoms with E-state index in [0.717, 1.165) is 22.6 Å². The second-order valence-electron chi connectivity index (χ2n) is 9.69. The van der Waals surface area contributed by atoms with Gasteiger partial charge >= 0.3 is 0 Å². The molecule has 0 saturated heterocycles. The number of benzene rings is 5. The molecule has 3 heteroatoms. The Hall–Kier alpha value is -5.15. The van der Waals surface area contributed by atoms with Crippen LogP contribution in [0.25, 0.3) is 66.2 Å². The Kier molecular flexibility index (Phi) is 4.52. The van der Waals surface area contributed by atoms with Gasteiger partial charge in [-0.05, 0) is 54.6 Å². The highest BCUT2D eigenvalue weighted by molar-refractivity contribution is 6.10. The maximum atomic E-state index is 4.72. The summed E-state index contributed by atoms with van der Waals surface area (Å²) in [5.74, 6) is 0. The summed E-state index contributed by atoms with van der Waals surface area (Å²) in [6, 6.07) is 47.6. The van der Waals surface area contributed by atoms with E-state index in [1.807, 2.05) is 12.3 Å². The van der Waals surface area contributed by atoms with E-state index in [1.165, 1.54) is 43.6 Å². The molecule has 0 aliphatic heterocycles. The van der Waals surface area contributed by atoms with E-state index >= 15 is 0 Å². The number of fused-ring (bicyclic) bond motifs is 6. The molecule has 3 nitrogen and oxygen atoms in total. The van der Waals surface area contributed by atoms with Crippen molar-refractivity contribution in [1.82, 2.24) is 14.1 Å². The molecular formula is C35H23N3. The average Bonchev–Trinajstić information content (AvgIpc) is 3.51. The van der Waals surface area contributed by atoms with Crippen molar-refractivity contribution in [3.63, 3.8) is 0 Å². The third kappa shape index (κ3) is 3.06. The Labute approximate surface area is 219 Å². The van der Waals surface area contributed by atoms with Crippen molar-refractivity contribution >= 4 is 43.6 Å². The first kappa shape index (κ1) is 21.0. The SMILES string of the molecule is c1ccc(-c2cc(-n3c4ccccc4c4ccccc43)cc(-n3c4ccccc4c4ccccc43)c2)nc1. The highest BCUT2D eigenvalue weighted by atomic mass is 15.0. The molecule has 0 unspecified atom stereocenters. The van der Waals surface area contributed by atoms with Crippen LogP contribution in [0.2, 0.25) is 0 Å². The fraction of sp³-hybridized carbons (Fsp3) is 0. The number of nitrogens with zero attached hydrogens (tertiary/aromatic N) is 3. The summed E-state index contributed by atoms with van der Waals surface area (Å²) in [6.45, 7) is 0. The fourth-order valence-corrected chi connectivity index (χ4v) is 5.94. The lowest BCUT2D eigenvalue weighted by Crippen LogP contribution is -2.00. The third-order valence-electron chi connectivity index (χ3n) is 7.54. The predicted octanol–water partition coefficient (Wildman–Crippen LogP) is 8.94. The summed E-state index contributed by atoms with van der Waals surface area (Å²) in [5, 5.41) is 5.02. The number of hydrogen-bond acceptors (Lipinski definition) is 1. The van der Waals surface area contributed by atoms with Gasteiger partial charge in [-0.3, -0.25) is 4.98 Å². The van der Waals surface area contributed by atoms with E-state index in [9.17, 15) is 0 Å². The summed E-state index contributed by atoms with van der Waals surface area (Å²) >= 11 is 0. The van der Waals surface area contributed by atoms with Crippen molar-refractivity contribution in [2.45, 2.75) is 0 Å². The van der Waals surface area contributed by atoms with Crippen molar-refractivity contribution in [3.8, 4) is 22.6 Å². The normalized spacial score (nSPS) is 11.7. The Morgan fingerprint density at radius 1 is 0.395 bits per heavy atom. The lowest BCUT2D eigenvalue weighted by atomic mass is 10.1. The van der Waals surface area contributed by atoms with Crippen molar-refractivity contribution in [1.29, 1.82) is 0 Å². The molecule has 0 atom stereocenters. The lowest BCUT2D eigenvalue weighted by Gasteiger charge is -2.15. The van der Waals surface area contributed by atoms with E-state index in [4.69, 9.17) is 4.98 Å². The topological polar surface area (TPSA) is 22.8 Å². The quantitative estimate of drug-likeness (QED) is 0.245. The van der Waals surface area contributed by atoms with E-state index in [-0.39, 0.29) is 0 Å². The van der Waals surface area contributed by atoms with Gasteiger partial charge in [-0.15, -0.1) is 0 Å². The van der Waals surface area contributed by atoms with Gasteiger partial charge in [0.15, 0.2) is 0 Å². The van der Waals surface area contributed by atoms with Crippen LogP contribution in [0.1, 0.15) is 0 Å². The number of aromatic nitrogens is 3. The lowest BCUT2D eigenvalue weighted by molar-refractivity contribution is 1.13. The van der Waals surface area contributed by atoms with Crippen LogP contribution in [0.4, 0.5) is 0 Å². The van der Waals surface area contributed by atoms with Crippen LogP contribution in [0, 0.1) is 0 Å². The maximum absolute atomic E-state index is 4.72. The number of para-hydroxylation sites is 4. The molecule has 0 saturated carbocycles. The third-order valence-corrected chi connectivity index (χ3v) is 7.54. The zero-order valence-corrected chi connectivity index (χ0v) is 20.6. The minimum atomic E-state index is 0.956. The fourth-order valence-electron chi connectivity index (χ4n) is 5.94. The van der Waals surface area contributed by atoms with Crippen LogP contribution in [0.15, 0.2) is 140 Å². The zero-order valence-electron chi connectivity index (χ0n) is 20.6. The average molecular weight is 486 g/mol. The highest BCUT2D eigenvalue weighted by Gasteiger charge is 2.17. The van der Waals surface area contributed by atoms with Gasteiger partial charge in [0.25, 0.3) is 0 Å². The first-order valence-electron chi connectivity index (χ1n) is 12.9. The number of hydrogen-bond donors (Lipinski definition) is 0. The van der Waals surface area contributed by atoms with Crippen LogP contribution in [0.5, 0.6) is 0 Å². The van der Waals surface area contributed by atoms with Gasteiger partial charge < -0.3 is 9.13 Å². The van der Waals surface area contributed by atoms with E-state index in [1.54, 1.807) is 0 Å². The minimum Gasteiger partial charge on any atom is -0.309 e. The molecule has 3 heterocycles. The minimum absolute atomic E-state index is 0.956. The van der Waals surface area contributed by atoms with E-state index in [2.05, 4.69) is 137 Å². The molecule has 0 aliphatic rings. The zero-order chi connectivity index (χ0) is 25.1. The van der Waals surface area contributed by atoms with Crippen molar-refractivity contribution in [3.05, 3.63) is 140 Å². The Balaban J connectivity index is 1.51. The van der Waals surface area contributed by atoms with Crippen LogP contribution in [-0.2, 0) is 0 Å². The van der Waals surface area contributed by atoms with E-state index in [0.29, 0.717) is 0 Å². The van der Waals surface area contributed by atoms with Gasteiger partial charge in [0.05, 0.1) is 27.8 Å². The van der Waals surface area contributed by atoms with E-state index < -0.39 is 0 Å². The van der Waals surface area contributed by atoms with Crippen LogP contribution < -0.4 is 0 Å². The molecule has 8 rings (SSSR count). The molecule has 0 N–H and O–H groups in total. The first-order valence-corrected chi connectivity index (χ1v) is 12.9. The second-order valence-corrected chi connectivity index (χ2v) is 9.69. The molecule has 5 aromatic carbocycles. The van der Waals surface area contributed by atoms with Gasteiger partial charge in [0.1, 0.15) is 0 Å². The predicted molar refractivity (Wildman–Crippen MR) is 158 cm³/mol. The molecule has 0 spiro atoms. The molecule has 8 aromatic rings. The summed E-state index contributed by atoms with van der Waals surface area (Å²) in [6.07, 6.45) is 1.86. The summed E-state index contributed by atoms with van der Waals surface area (Å²) in [5.41, 5.74) is 9.05.